The molecular weight excluding hydrogens is 306 g/mol. The van der Waals surface area contributed by atoms with Crippen molar-refractivity contribution < 1.29 is 0 Å². The van der Waals surface area contributed by atoms with E-state index in [1.807, 2.05) is 18.5 Å². The summed E-state index contributed by atoms with van der Waals surface area (Å²) in [4.78, 5) is 6.76. The fourth-order valence-corrected chi connectivity index (χ4v) is 4.10. The minimum Gasteiger partial charge on any atom is -0.398 e. The molecule has 0 aliphatic heterocycles. The van der Waals surface area contributed by atoms with Gasteiger partial charge in [-0.1, -0.05) is 25.5 Å². The summed E-state index contributed by atoms with van der Waals surface area (Å²) in [6, 6.07) is 11.3. The number of aromatic nitrogens is 1. The molecular formula is C22H31N3. The number of nitrogens with two attached hydrogens (primary N) is 1. The van der Waals surface area contributed by atoms with Crippen molar-refractivity contribution in [2.24, 2.45) is 0 Å². The Bertz CT molecular complexity index is 654. The van der Waals surface area contributed by atoms with Crippen LogP contribution >= 0.6 is 0 Å². The van der Waals surface area contributed by atoms with Gasteiger partial charge >= 0.3 is 0 Å². The van der Waals surface area contributed by atoms with Gasteiger partial charge in [-0.3, -0.25) is 4.98 Å². The largest absolute Gasteiger partial charge is 0.398 e. The van der Waals surface area contributed by atoms with Crippen LogP contribution in [0.25, 0.3) is 0 Å². The standard InChI is InChI=1S/C22H31N3/c1-2-25(16-5-3-4-7-18-12-14-24-15-13-18)20-10-11-21-19(17-20)8-6-9-22(21)23/h6,8-9,12-15,20H,2-5,7,10-11,16-17,23H2,1H3. The van der Waals surface area contributed by atoms with Gasteiger partial charge in [0.2, 0.25) is 0 Å². The van der Waals surface area contributed by atoms with E-state index in [0.717, 1.165) is 25.1 Å². The molecule has 1 aliphatic carbocycles. The van der Waals surface area contributed by atoms with E-state index < -0.39 is 0 Å². The summed E-state index contributed by atoms with van der Waals surface area (Å²) in [6.45, 7) is 4.66. The number of anilines is 1. The van der Waals surface area contributed by atoms with Crippen molar-refractivity contribution in [2.45, 2.75) is 57.9 Å². The molecule has 0 spiro atoms. The zero-order valence-corrected chi connectivity index (χ0v) is 15.5. The summed E-state index contributed by atoms with van der Waals surface area (Å²) in [5, 5.41) is 0. The van der Waals surface area contributed by atoms with Gasteiger partial charge in [0, 0.05) is 24.1 Å². The third-order valence-corrected chi connectivity index (χ3v) is 5.58. The molecule has 1 aromatic carbocycles. The molecule has 25 heavy (non-hydrogen) atoms. The molecule has 0 radical (unpaired) electrons. The molecule has 1 aliphatic rings. The fourth-order valence-electron chi connectivity index (χ4n) is 4.10. The van der Waals surface area contributed by atoms with Crippen LogP contribution in [-0.4, -0.2) is 29.0 Å². The zero-order chi connectivity index (χ0) is 17.5. The highest BCUT2D eigenvalue weighted by Crippen LogP contribution is 2.28. The van der Waals surface area contributed by atoms with Gasteiger partial charge in [-0.15, -0.1) is 0 Å². The highest BCUT2D eigenvalue weighted by Gasteiger charge is 2.24. The minimum atomic E-state index is 0.680. The average Bonchev–Trinajstić information content (AvgIpc) is 2.65. The Morgan fingerprint density at radius 3 is 2.76 bits per heavy atom. The molecule has 2 aromatic rings. The molecule has 3 rings (SSSR count). The van der Waals surface area contributed by atoms with Gasteiger partial charge in [-0.25, -0.2) is 0 Å². The first kappa shape index (κ1) is 17.9. The Kier molecular flexibility index (Phi) is 6.46. The molecule has 134 valence electrons. The van der Waals surface area contributed by atoms with Crippen molar-refractivity contribution in [3.05, 3.63) is 59.4 Å². The Hall–Kier alpha value is -1.87. The van der Waals surface area contributed by atoms with E-state index in [9.17, 15) is 0 Å². The Morgan fingerprint density at radius 1 is 1.12 bits per heavy atom. The average molecular weight is 338 g/mol. The number of rotatable bonds is 8. The van der Waals surface area contributed by atoms with Crippen LogP contribution in [0.5, 0.6) is 0 Å². The number of unbranched alkanes of at least 4 members (excludes halogenated alkanes) is 2. The van der Waals surface area contributed by atoms with E-state index in [1.54, 1.807) is 0 Å². The van der Waals surface area contributed by atoms with Gasteiger partial charge in [0.1, 0.15) is 0 Å². The molecule has 1 unspecified atom stereocenters. The van der Waals surface area contributed by atoms with Crippen LogP contribution in [0.2, 0.25) is 0 Å². The normalized spacial score (nSPS) is 16.8. The summed E-state index contributed by atoms with van der Waals surface area (Å²) in [6.07, 6.45) is 12.3. The lowest BCUT2D eigenvalue weighted by Gasteiger charge is -2.35. The van der Waals surface area contributed by atoms with Crippen molar-refractivity contribution in [3.8, 4) is 0 Å². The number of nitrogens with zero attached hydrogens (tertiary/aromatic N) is 2. The van der Waals surface area contributed by atoms with E-state index in [1.165, 1.54) is 55.3 Å². The lowest BCUT2D eigenvalue weighted by molar-refractivity contribution is 0.185. The van der Waals surface area contributed by atoms with Crippen LogP contribution in [0.4, 0.5) is 5.69 Å². The number of nitrogen functional groups attached to an aromatic ring is 1. The van der Waals surface area contributed by atoms with E-state index in [0.29, 0.717) is 6.04 Å². The third kappa shape index (κ3) is 4.82. The number of hydrogen-bond donors (Lipinski definition) is 1. The van der Waals surface area contributed by atoms with Gasteiger partial charge in [0.15, 0.2) is 0 Å². The number of hydrogen-bond acceptors (Lipinski definition) is 3. The monoisotopic (exact) mass is 337 g/mol. The van der Waals surface area contributed by atoms with E-state index in [2.05, 4.69) is 41.1 Å². The van der Waals surface area contributed by atoms with Gasteiger partial charge in [-0.05, 0) is 86.5 Å². The van der Waals surface area contributed by atoms with Crippen LogP contribution in [0, 0.1) is 0 Å². The Labute approximate surface area is 152 Å². The molecule has 0 bridgehead atoms. The lowest BCUT2D eigenvalue weighted by atomic mass is 9.86. The third-order valence-electron chi connectivity index (χ3n) is 5.58. The van der Waals surface area contributed by atoms with Crippen LogP contribution in [-0.2, 0) is 19.3 Å². The molecule has 3 nitrogen and oxygen atoms in total. The SMILES string of the molecule is CCN(CCCCCc1ccncc1)C1CCc2c(N)cccc2C1. The number of aryl methyl sites for hydroxylation is 1. The number of benzene rings is 1. The van der Waals surface area contributed by atoms with Crippen molar-refractivity contribution in [1.29, 1.82) is 0 Å². The Balaban J connectivity index is 1.43. The molecule has 0 fully saturated rings. The molecule has 1 atom stereocenters. The maximum Gasteiger partial charge on any atom is 0.0349 e. The maximum absolute atomic E-state index is 6.14. The predicted octanol–water partition coefficient (Wildman–Crippen LogP) is 4.26. The van der Waals surface area contributed by atoms with E-state index >= 15 is 0 Å². The molecule has 3 heteroatoms. The predicted molar refractivity (Wildman–Crippen MR) is 106 cm³/mol. The van der Waals surface area contributed by atoms with Crippen LogP contribution in [0.3, 0.4) is 0 Å². The van der Waals surface area contributed by atoms with Gasteiger partial charge in [0.05, 0.1) is 0 Å². The van der Waals surface area contributed by atoms with Crippen LogP contribution in [0.1, 0.15) is 49.3 Å². The number of fused-ring (bicyclic) bond motifs is 1. The van der Waals surface area contributed by atoms with Crippen molar-refractivity contribution in [2.75, 3.05) is 18.8 Å². The van der Waals surface area contributed by atoms with Crippen molar-refractivity contribution in [1.82, 2.24) is 9.88 Å². The second kappa shape index (κ2) is 9.00. The fraction of sp³-hybridized carbons (Fsp3) is 0.500. The molecule has 0 amide bonds. The summed E-state index contributed by atoms with van der Waals surface area (Å²) in [5.74, 6) is 0. The summed E-state index contributed by atoms with van der Waals surface area (Å²) >= 11 is 0. The van der Waals surface area contributed by atoms with E-state index in [-0.39, 0.29) is 0 Å². The molecule has 0 saturated carbocycles. The quantitative estimate of drug-likeness (QED) is 0.578. The zero-order valence-electron chi connectivity index (χ0n) is 15.5. The topological polar surface area (TPSA) is 42.2 Å². The van der Waals surface area contributed by atoms with Gasteiger partial charge in [-0.2, -0.15) is 0 Å². The highest BCUT2D eigenvalue weighted by atomic mass is 15.1. The smallest absolute Gasteiger partial charge is 0.0349 e. The molecule has 1 heterocycles. The van der Waals surface area contributed by atoms with Crippen LogP contribution in [0.15, 0.2) is 42.7 Å². The first-order chi connectivity index (χ1) is 12.3. The Morgan fingerprint density at radius 2 is 1.96 bits per heavy atom. The minimum absolute atomic E-state index is 0.680. The molecule has 0 saturated heterocycles. The first-order valence-electron chi connectivity index (χ1n) is 9.77. The van der Waals surface area contributed by atoms with Crippen LogP contribution < -0.4 is 5.73 Å². The summed E-state index contributed by atoms with van der Waals surface area (Å²) < 4.78 is 0. The lowest BCUT2D eigenvalue weighted by Crippen LogP contribution is -2.40. The first-order valence-corrected chi connectivity index (χ1v) is 9.77. The second-order valence-corrected chi connectivity index (χ2v) is 7.18. The molecule has 2 N–H and O–H groups in total. The van der Waals surface area contributed by atoms with E-state index in [4.69, 9.17) is 5.73 Å². The van der Waals surface area contributed by atoms with Gasteiger partial charge < -0.3 is 10.6 Å². The molecule has 1 aromatic heterocycles. The number of pyridine rings is 1. The summed E-state index contributed by atoms with van der Waals surface area (Å²) in [5.41, 5.74) is 11.4. The summed E-state index contributed by atoms with van der Waals surface area (Å²) in [7, 11) is 0. The highest BCUT2D eigenvalue weighted by molar-refractivity contribution is 5.52. The number of likely N-dealkylation sites (N-methyl/N-ethyl adjacent to an activating group) is 1. The maximum atomic E-state index is 6.14. The van der Waals surface area contributed by atoms with Crippen molar-refractivity contribution >= 4 is 5.69 Å². The second-order valence-electron chi connectivity index (χ2n) is 7.18. The van der Waals surface area contributed by atoms with Crippen molar-refractivity contribution in [3.63, 3.8) is 0 Å². The van der Waals surface area contributed by atoms with Gasteiger partial charge in [0.25, 0.3) is 0 Å².